The van der Waals surface area contributed by atoms with Crippen LogP contribution in [0.3, 0.4) is 0 Å². The molecule has 9 nitrogen and oxygen atoms in total. The Morgan fingerprint density at radius 3 is 2.47 bits per heavy atom. The smallest absolute Gasteiger partial charge is 0.265 e. The molecule has 0 aromatic heterocycles. The number of hydrogen-bond donors (Lipinski definition) is 2. The molecular formula is C28H31N3O6S. The summed E-state index contributed by atoms with van der Waals surface area (Å²) in [5, 5.41) is 2.87. The lowest BCUT2D eigenvalue weighted by Crippen LogP contribution is -2.51. The third kappa shape index (κ3) is 6.51. The van der Waals surface area contributed by atoms with Gasteiger partial charge in [0.25, 0.3) is 11.8 Å². The largest absolute Gasteiger partial charge is 0.483 e. The molecule has 0 unspecified atom stereocenters. The Hall–Kier alpha value is -3.89. The predicted molar refractivity (Wildman–Crippen MR) is 144 cm³/mol. The molecule has 3 aromatic carbocycles. The van der Waals surface area contributed by atoms with E-state index in [-0.39, 0.29) is 35.9 Å². The molecule has 2 N–H and O–H groups in total. The van der Waals surface area contributed by atoms with Gasteiger partial charge in [0.2, 0.25) is 10.0 Å². The Bertz CT molecular complexity index is 1410. The second-order valence-electron chi connectivity index (χ2n) is 9.27. The van der Waals surface area contributed by atoms with Crippen molar-refractivity contribution in [3.8, 4) is 11.5 Å². The fourth-order valence-corrected chi connectivity index (χ4v) is 5.39. The Kier molecular flexibility index (Phi) is 8.33. The van der Waals surface area contributed by atoms with Crippen molar-refractivity contribution in [3.63, 3.8) is 0 Å². The molecule has 1 aliphatic heterocycles. The van der Waals surface area contributed by atoms with Gasteiger partial charge >= 0.3 is 0 Å². The topological polar surface area (TPSA) is 114 Å². The number of sulfonamides is 1. The molecule has 1 aliphatic rings. The molecular weight excluding hydrogens is 506 g/mol. The highest BCUT2D eigenvalue weighted by Gasteiger charge is 2.34. The number of benzene rings is 3. The Balaban J connectivity index is 1.44. The molecule has 3 aromatic rings. The van der Waals surface area contributed by atoms with E-state index >= 15 is 0 Å². The van der Waals surface area contributed by atoms with Gasteiger partial charge in [-0.3, -0.25) is 9.59 Å². The van der Waals surface area contributed by atoms with Crippen LogP contribution in [0, 0.1) is 6.92 Å². The standard InChI is InChI=1S/C28H31N3O6S/c1-19(2)30-38(34,35)22-13-14-24(20(3)15-22)36-18-27(32)31-17-26(37-25-12-8-7-11-23(25)31)28(33)29-16-21-9-5-4-6-10-21/h4-15,19,26,30H,16-18H2,1-3H3,(H,29,33)/t26-/m0/s1. The Morgan fingerprint density at radius 2 is 1.76 bits per heavy atom. The van der Waals surface area contributed by atoms with Crippen LogP contribution in [-0.2, 0) is 26.2 Å². The van der Waals surface area contributed by atoms with Gasteiger partial charge in [0.15, 0.2) is 12.7 Å². The summed E-state index contributed by atoms with van der Waals surface area (Å²) in [4.78, 5) is 27.7. The molecule has 1 atom stereocenters. The van der Waals surface area contributed by atoms with Gasteiger partial charge < -0.3 is 19.7 Å². The van der Waals surface area contributed by atoms with Crippen molar-refractivity contribution >= 4 is 27.5 Å². The number of nitrogens with one attached hydrogen (secondary N) is 2. The van der Waals surface area contributed by atoms with E-state index in [2.05, 4.69) is 10.0 Å². The molecule has 0 saturated carbocycles. The maximum atomic E-state index is 13.2. The van der Waals surface area contributed by atoms with Gasteiger partial charge in [-0.05, 0) is 62.2 Å². The zero-order valence-electron chi connectivity index (χ0n) is 21.5. The van der Waals surface area contributed by atoms with E-state index in [9.17, 15) is 18.0 Å². The molecule has 0 spiro atoms. The van der Waals surface area contributed by atoms with Gasteiger partial charge in [-0.2, -0.15) is 0 Å². The van der Waals surface area contributed by atoms with Crippen molar-refractivity contribution in [2.75, 3.05) is 18.1 Å². The molecule has 200 valence electrons. The molecule has 1 heterocycles. The van der Waals surface area contributed by atoms with E-state index in [4.69, 9.17) is 9.47 Å². The Labute approximate surface area is 222 Å². The van der Waals surface area contributed by atoms with Crippen LogP contribution in [0.5, 0.6) is 11.5 Å². The summed E-state index contributed by atoms with van der Waals surface area (Å²) in [7, 11) is -3.65. The molecule has 0 fully saturated rings. The van der Waals surface area contributed by atoms with Crippen LogP contribution in [0.1, 0.15) is 25.0 Å². The number of para-hydroxylation sites is 2. The quantitative estimate of drug-likeness (QED) is 0.434. The minimum atomic E-state index is -3.65. The third-order valence-electron chi connectivity index (χ3n) is 5.88. The number of fused-ring (bicyclic) bond motifs is 1. The first-order valence-corrected chi connectivity index (χ1v) is 13.8. The van der Waals surface area contributed by atoms with Gasteiger partial charge in [-0.25, -0.2) is 13.1 Å². The molecule has 0 bridgehead atoms. The molecule has 2 amide bonds. The van der Waals surface area contributed by atoms with E-state index in [1.165, 1.54) is 23.1 Å². The van der Waals surface area contributed by atoms with E-state index in [1.54, 1.807) is 45.0 Å². The van der Waals surface area contributed by atoms with Crippen molar-refractivity contribution < 1.29 is 27.5 Å². The molecule has 0 aliphatic carbocycles. The summed E-state index contributed by atoms with van der Waals surface area (Å²) in [6, 6.07) is 20.8. The van der Waals surface area contributed by atoms with Crippen LogP contribution in [0.15, 0.2) is 77.7 Å². The zero-order valence-corrected chi connectivity index (χ0v) is 22.3. The molecule has 0 radical (unpaired) electrons. The number of nitrogens with zero attached hydrogens (tertiary/aromatic N) is 1. The summed E-state index contributed by atoms with van der Waals surface area (Å²) < 4.78 is 39.1. The lowest BCUT2D eigenvalue weighted by Gasteiger charge is -2.34. The number of amides is 2. The van der Waals surface area contributed by atoms with Crippen LogP contribution in [0.25, 0.3) is 0 Å². The SMILES string of the molecule is Cc1cc(S(=O)(=O)NC(C)C)ccc1OCC(=O)N1C[C@@H](C(=O)NCc2ccccc2)Oc2ccccc21. The highest BCUT2D eigenvalue weighted by molar-refractivity contribution is 7.89. The number of carbonyl (C=O) groups excluding carboxylic acids is 2. The summed E-state index contributed by atoms with van der Waals surface area (Å²) in [6.07, 6.45) is -0.891. The van der Waals surface area contributed by atoms with E-state index < -0.39 is 16.1 Å². The number of aryl methyl sites for hydroxylation is 1. The van der Waals surface area contributed by atoms with Crippen LogP contribution in [0.2, 0.25) is 0 Å². The summed E-state index contributed by atoms with van der Waals surface area (Å²) in [5.74, 6) is 0.125. The summed E-state index contributed by atoms with van der Waals surface area (Å²) >= 11 is 0. The highest BCUT2D eigenvalue weighted by Crippen LogP contribution is 2.33. The fraction of sp³-hybridized carbons (Fsp3) is 0.286. The van der Waals surface area contributed by atoms with Gasteiger partial charge in [-0.1, -0.05) is 42.5 Å². The van der Waals surface area contributed by atoms with E-state index in [0.29, 0.717) is 29.3 Å². The number of anilines is 1. The van der Waals surface area contributed by atoms with Gasteiger partial charge in [0, 0.05) is 12.6 Å². The van der Waals surface area contributed by atoms with E-state index in [0.717, 1.165) is 5.56 Å². The molecule has 0 saturated heterocycles. The average Bonchev–Trinajstić information content (AvgIpc) is 2.90. The maximum absolute atomic E-state index is 13.2. The second kappa shape index (κ2) is 11.7. The number of ether oxygens (including phenoxy) is 2. The predicted octanol–water partition coefficient (Wildman–Crippen LogP) is 3.17. The van der Waals surface area contributed by atoms with Crippen LogP contribution in [0.4, 0.5) is 5.69 Å². The first-order valence-electron chi connectivity index (χ1n) is 12.3. The second-order valence-corrected chi connectivity index (χ2v) is 11.0. The first-order chi connectivity index (χ1) is 18.1. The number of hydrogen-bond acceptors (Lipinski definition) is 6. The summed E-state index contributed by atoms with van der Waals surface area (Å²) in [6.45, 7) is 5.27. The van der Waals surface area contributed by atoms with Gasteiger partial charge in [0.1, 0.15) is 11.5 Å². The van der Waals surface area contributed by atoms with Gasteiger partial charge in [-0.15, -0.1) is 0 Å². The Morgan fingerprint density at radius 1 is 1.05 bits per heavy atom. The molecule has 10 heteroatoms. The van der Waals surface area contributed by atoms with Crippen LogP contribution >= 0.6 is 0 Å². The van der Waals surface area contributed by atoms with E-state index in [1.807, 2.05) is 30.3 Å². The lowest BCUT2D eigenvalue weighted by atomic mass is 10.1. The van der Waals surface area contributed by atoms with Crippen molar-refractivity contribution in [2.24, 2.45) is 0 Å². The lowest BCUT2D eigenvalue weighted by molar-refractivity contribution is -0.128. The zero-order chi connectivity index (χ0) is 27.3. The minimum absolute atomic E-state index is 0.0247. The maximum Gasteiger partial charge on any atom is 0.265 e. The van der Waals surface area contributed by atoms with Crippen molar-refractivity contribution in [1.29, 1.82) is 0 Å². The van der Waals surface area contributed by atoms with Crippen LogP contribution in [-0.4, -0.2) is 45.5 Å². The minimum Gasteiger partial charge on any atom is -0.483 e. The normalized spacial score (nSPS) is 14.9. The number of carbonyl (C=O) groups is 2. The average molecular weight is 538 g/mol. The number of rotatable bonds is 9. The van der Waals surface area contributed by atoms with Crippen molar-refractivity contribution in [3.05, 3.63) is 83.9 Å². The molecule has 38 heavy (non-hydrogen) atoms. The highest BCUT2D eigenvalue weighted by atomic mass is 32.2. The summed E-state index contributed by atoms with van der Waals surface area (Å²) in [5.41, 5.74) is 2.07. The monoisotopic (exact) mass is 537 g/mol. The van der Waals surface area contributed by atoms with Crippen molar-refractivity contribution in [2.45, 2.75) is 44.4 Å². The van der Waals surface area contributed by atoms with Crippen LogP contribution < -0.4 is 24.4 Å². The fourth-order valence-electron chi connectivity index (χ4n) is 4.05. The molecule has 4 rings (SSSR count). The first kappa shape index (κ1) is 27.2. The van der Waals surface area contributed by atoms with Crippen molar-refractivity contribution in [1.82, 2.24) is 10.0 Å². The third-order valence-corrected chi connectivity index (χ3v) is 7.53. The van der Waals surface area contributed by atoms with Gasteiger partial charge in [0.05, 0.1) is 17.1 Å².